The lowest BCUT2D eigenvalue weighted by atomic mass is 10.2. The van der Waals surface area contributed by atoms with Gasteiger partial charge in [0.05, 0.1) is 19.3 Å². The summed E-state index contributed by atoms with van der Waals surface area (Å²) in [6.07, 6.45) is 2.17. The van der Waals surface area contributed by atoms with Crippen molar-refractivity contribution < 1.29 is 9.53 Å². The van der Waals surface area contributed by atoms with E-state index in [0.29, 0.717) is 12.6 Å². The van der Waals surface area contributed by atoms with Crippen molar-refractivity contribution in [3.05, 3.63) is 22.4 Å². The van der Waals surface area contributed by atoms with Crippen LogP contribution in [0.25, 0.3) is 0 Å². The molecule has 1 aromatic heterocycles. The monoisotopic (exact) mass is 323 g/mol. The third-order valence-electron chi connectivity index (χ3n) is 4.60. The highest BCUT2D eigenvalue weighted by atomic mass is 32.1. The molecule has 3 rings (SSSR count). The number of nitrogens with zero attached hydrogens (tertiary/aromatic N) is 2. The van der Waals surface area contributed by atoms with Gasteiger partial charge >= 0.3 is 6.03 Å². The fraction of sp³-hybridized carbons (Fsp3) is 0.688. The molecule has 2 aliphatic rings. The van der Waals surface area contributed by atoms with Crippen LogP contribution in [0.4, 0.5) is 4.79 Å². The molecule has 0 bridgehead atoms. The first-order valence-corrected chi connectivity index (χ1v) is 9.03. The van der Waals surface area contributed by atoms with Crippen LogP contribution >= 0.6 is 11.3 Å². The third-order valence-corrected chi connectivity index (χ3v) is 5.58. The number of hydrogen-bond acceptors (Lipinski definition) is 4. The zero-order chi connectivity index (χ0) is 15.4. The molecule has 0 unspecified atom stereocenters. The minimum atomic E-state index is 0.0796. The van der Waals surface area contributed by atoms with Crippen LogP contribution in [0, 0.1) is 0 Å². The van der Waals surface area contributed by atoms with E-state index < -0.39 is 0 Å². The van der Waals surface area contributed by atoms with Gasteiger partial charge in [-0.1, -0.05) is 6.07 Å². The number of nitrogens with one attached hydrogen (secondary N) is 1. The number of hydrogen-bond donors (Lipinski definition) is 1. The molecule has 0 aromatic carbocycles. The van der Waals surface area contributed by atoms with Gasteiger partial charge in [0.25, 0.3) is 0 Å². The number of carbonyl (C=O) groups is 1. The minimum Gasteiger partial charge on any atom is -0.379 e. The topological polar surface area (TPSA) is 44.8 Å². The molecule has 122 valence electrons. The Bertz CT molecular complexity index is 474. The average Bonchev–Trinajstić information content (AvgIpc) is 3.23. The van der Waals surface area contributed by atoms with Crippen molar-refractivity contribution >= 4 is 17.4 Å². The first kappa shape index (κ1) is 15.8. The third kappa shape index (κ3) is 3.62. The van der Waals surface area contributed by atoms with Crippen LogP contribution in [-0.2, 0) is 4.74 Å². The van der Waals surface area contributed by atoms with Crippen molar-refractivity contribution in [3.63, 3.8) is 0 Å². The van der Waals surface area contributed by atoms with Gasteiger partial charge in [0, 0.05) is 37.1 Å². The second-order valence-electron chi connectivity index (χ2n) is 6.05. The predicted octanol–water partition coefficient (Wildman–Crippen LogP) is 2.32. The summed E-state index contributed by atoms with van der Waals surface area (Å²) in [5, 5.41) is 5.21. The van der Waals surface area contributed by atoms with Crippen LogP contribution in [0.5, 0.6) is 0 Å². The van der Waals surface area contributed by atoms with Gasteiger partial charge < -0.3 is 15.0 Å². The fourth-order valence-corrected chi connectivity index (χ4v) is 4.14. The molecule has 2 fully saturated rings. The van der Waals surface area contributed by atoms with E-state index in [1.54, 1.807) is 11.3 Å². The number of thiophene rings is 1. The van der Waals surface area contributed by atoms with Crippen LogP contribution < -0.4 is 5.32 Å². The van der Waals surface area contributed by atoms with Crippen molar-refractivity contribution in [2.45, 2.75) is 31.8 Å². The summed E-state index contributed by atoms with van der Waals surface area (Å²) >= 11 is 1.74. The van der Waals surface area contributed by atoms with Crippen LogP contribution in [0.2, 0.25) is 0 Å². The second kappa shape index (κ2) is 7.44. The Hall–Kier alpha value is -1.11. The number of amides is 2. The molecule has 3 heterocycles. The van der Waals surface area contributed by atoms with Crippen LogP contribution in [-0.4, -0.2) is 61.3 Å². The largest absolute Gasteiger partial charge is 0.379 e. The number of morpholine rings is 1. The lowest BCUT2D eigenvalue weighted by molar-refractivity contribution is 0.0206. The van der Waals surface area contributed by atoms with E-state index in [9.17, 15) is 4.79 Å². The second-order valence-corrected chi connectivity index (χ2v) is 7.03. The molecule has 0 radical (unpaired) electrons. The Morgan fingerprint density at radius 2 is 2.27 bits per heavy atom. The number of likely N-dealkylation sites (tertiary alicyclic amines) is 1. The standard InChI is InChI=1S/C16H25N3O2S/c1-13(18-7-9-21-10-8-18)12-17-16(20)19-6-2-4-14(19)15-5-3-11-22-15/h3,5,11,13-14H,2,4,6-10,12H2,1H3,(H,17,20)/t13-,14+/m1/s1. The van der Waals surface area contributed by atoms with Gasteiger partial charge in [0.1, 0.15) is 0 Å². The molecule has 0 spiro atoms. The Labute approximate surface area is 136 Å². The van der Waals surface area contributed by atoms with Gasteiger partial charge in [-0.2, -0.15) is 0 Å². The summed E-state index contributed by atoms with van der Waals surface area (Å²) < 4.78 is 5.38. The molecule has 0 aliphatic carbocycles. The van der Waals surface area contributed by atoms with Gasteiger partial charge in [0.2, 0.25) is 0 Å². The van der Waals surface area contributed by atoms with E-state index in [4.69, 9.17) is 4.74 Å². The molecule has 6 heteroatoms. The zero-order valence-corrected chi connectivity index (χ0v) is 14.0. The number of rotatable bonds is 4. The van der Waals surface area contributed by atoms with Gasteiger partial charge in [-0.15, -0.1) is 11.3 Å². The fourth-order valence-electron chi connectivity index (χ4n) is 3.27. The summed E-state index contributed by atoms with van der Waals surface area (Å²) in [4.78, 5) is 18.2. The van der Waals surface area contributed by atoms with Crippen LogP contribution in [0.15, 0.2) is 17.5 Å². The highest BCUT2D eigenvalue weighted by Crippen LogP contribution is 2.34. The Morgan fingerprint density at radius 1 is 1.45 bits per heavy atom. The van der Waals surface area contributed by atoms with Crippen LogP contribution in [0.1, 0.15) is 30.7 Å². The number of carbonyl (C=O) groups excluding carboxylic acids is 1. The molecule has 2 amide bonds. The summed E-state index contributed by atoms with van der Waals surface area (Å²) in [7, 11) is 0. The first-order valence-electron chi connectivity index (χ1n) is 8.15. The van der Waals surface area contributed by atoms with Gasteiger partial charge in [-0.05, 0) is 31.2 Å². The Balaban J connectivity index is 1.50. The van der Waals surface area contributed by atoms with Crippen molar-refractivity contribution in [1.29, 1.82) is 0 Å². The maximum absolute atomic E-state index is 12.5. The average molecular weight is 323 g/mol. The lowest BCUT2D eigenvalue weighted by Gasteiger charge is -2.33. The minimum absolute atomic E-state index is 0.0796. The van der Waals surface area contributed by atoms with E-state index in [1.807, 2.05) is 4.90 Å². The number of urea groups is 1. The molecular weight excluding hydrogens is 298 g/mol. The molecule has 22 heavy (non-hydrogen) atoms. The normalized spacial score (nSPS) is 24.4. The molecule has 1 N–H and O–H groups in total. The molecule has 5 nitrogen and oxygen atoms in total. The van der Waals surface area contributed by atoms with E-state index in [-0.39, 0.29) is 12.1 Å². The molecule has 2 atom stereocenters. The Kier molecular flexibility index (Phi) is 5.33. The summed E-state index contributed by atoms with van der Waals surface area (Å²) in [5.74, 6) is 0. The van der Waals surface area contributed by atoms with Gasteiger partial charge in [0.15, 0.2) is 0 Å². The number of ether oxygens (including phenoxy) is 1. The lowest BCUT2D eigenvalue weighted by Crippen LogP contribution is -2.49. The molecule has 2 saturated heterocycles. The van der Waals surface area contributed by atoms with Crippen molar-refractivity contribution in [2.75, 3.05) is 39.4 Å². The zero-order valence-electron chi connectivity index (χ0n) is 13.2. The smallest absolute Gasteiger partial charge is 0.317 e. The van der Waals surface area contributed by atoms with Crippen LogP contribution in [0.3, 0.4) is 0 Å². The van der Waals surface area contributed by atoms with E-state index in [2.05, 4.69) is 34.7 Å². The van der Waals surface area contributed by atoms with E-state index >= 15 is 0 Å². The van der Waals surface area contributed by atoms with Crippen molar-refractivity contribution in [2.24, 2.45) is 0 Å². The molecule has 0 saturated carbocycles. The summed E-state index contributed by atoms with van der Waals surface area (Å²) in [6.45, 7) is 7.24. The SMILES string of the molecule is C[C@H](CNC(=O)N1CCC[C@H]1c1cccs1)N1CCOCC1. The highest BCUT2D eigenvalue weighted by Gasteiger charge is 2.30. The predicted molar refractivity (Wildman–Crippen MR) is 88.3 cm³/mol. The molecule has 1 aromatic rings. The van der Waals surface area contributed by atoms with E-state index in [0.717, 1.165) is 45.7 Å². The maximum Gasteiger partial charge on any atom is 0.317 e. The van der Waals surface area contributed by atoms with E-state index in [1.165, 1.54) is 4.88 Å². The highest BCUT2D eigenvalue weighted by molar-refractivity contribution is 7.10. The molecular formula is C16H25N3O2S. The quantitative estimate of drug-likeness (QED) is 0.925. The summed E-state index contributed by atoms with van der Waals surface area (Å²) in [5.41, 5.74) is 0. The summed E-state index contributed by atoms with van der Waals surface area (Å²) in [6, 6.07) is 4.90. The maximum atomic E-state index is 12.5. The Morgan fingerprint density at radius 3 is 3.00 bits per heavy atom. The van der Waals surface area contributed by atoms with Gasteiger partial charge in [-0.3, -0.25) is 4.90 Å². The molecule has 2 aliphatic heterocycles. The van der Waals surface area contributed by atoms with Gasteiger partial charge in [-0.25, -0.2) is 4.79 Å². The van der Waals surface area contributed by atoms with Crippen molar-refractivity contribution in [1.82, 2.24) is 15.1 Å². The first-order chi connectivity index (χ1) is 10.8. The van der Waals surface area contributed by atoms with Crippen molar-refractivity contribution in [3.8, 4) is 0 Å².